The first-order valence-electron chi connectivity index (χ1n) is 8.71. The first-order chi connectivity index (χ1) is 12.2. The number of amides is 1. The summed E-state index contributed by atoms with van der Waals surface area (Å²) in [5, 5.41) is 11.1. The Labute approximate surface area is 151 Å². The summed E-state index contributed by atoms with van der Waals surface area (Å²) in [6.45, 7) is 3.24. The summed E-state index contributed by atoms with van der Waals surface area (Å²) in [6, 6.07) is 9.75. The van der Waals surface area contributed by atoms with Gasteiger partial charge in [-0.15, -0.1) is 11.3 Å². The Morgan fingerprint density at radius 2 is 2.08 bits per heavy atom. The number of fused-ring (bicyclic) bond motifs is 1. The molecule has 4 heterocycles. The van der Waals surface area contributed by atoms with Crippen LogP contribution in [0.25, 0.3) is 0 Å². The highest BCUT2D eigenvalue weighted by molar-refractivity contribution is 7.10. The van der Waals surface area contributed by atoms with Gasteiger partial charge in [-0.3, -0.25) is 4.79 Å². The van der Waals surface area contributed by atoms with E-state index in [9.17, 15) is 4.79 Å². The first-order valence-corrected chi connectivity index (χ1v) is 9.58. The summed E-state index contributed by atoms with van der Waals surface area (Å²) in [6.07, 6.45) is 2.69. The molecule has 0 saturated carbocycles. The molecule has 0 aromatic carbocycles. The Kier molecular flexibility index (Phi) is 4.41. The lowest BCUT2D eigenvalue weighted by Crippen LogP contribution is -2.44. The van der Waals surface area contributed by atoms with Crippen molar-refractivity contribution in [3.8, 4) is 6.07 Å². The Morgan fingerprint density at radius 3 is 2.88 bits per heavy atom. The van der Waals surface area contributed by atoms with E-state index in [1.165, 1.54) is 10.4 Å². The molecule has 0 aliphatic carbocycles. The molecule has 0 unspecified atom stereocenters. The third-order valence-corrected chi connectivity index (χ3v) is 6.16. The maximum absolute atomic E-state index is 12.9. The fraction of sp³-hybridized carbons (Fsp3) is 0.421. The molecule has 2 aliphatic heterocycles. The van der Waals surface area contributed by atoms with Gasteiger partial charge in [-0.1, -0.05) is 6.07 Å². The Bertz CT molecular complexity index is 817. The number of piperidine rings is 1. The minimum atomic E-state index is 0.107. The number of hydrogen-bond donors (Lipinski definition) is 0. The van der Waals surface area contributed by atoms with Crippen LogP contribution >= 0.6 is 11.3 Å². The molecule has 4 rings (SSSR count). The van der Waals surface area contributed by atoms with Crippen LogP contribution in [0.2, 0.25) is 0 Å². The van der Waals surface area contributed by atoms with Gasteiger partial charge in [0.05, 0.1) is 0 Å². The SMILES string of the molecule is N#Cc1cccc(N2CCC(C(=O)N3CCc4sccc4C3)CC2)n1. The quantitative estimate of drug-likeness (QED) is 0.834. The maximum Gasteiger partial charge on any atom is 0.226 e. The molecule has 6 heteroatoms. The number of nitrogens with zero attached hydrogens (tertiary/aromatic N) is 4. The van der Waals surface area contributed by atoms with Crippen molar-refractivity contribution in [2.75, 3.05) is 24.5 Å². The van der Waals surface area contributed by atoms with Crippen molar-refractivity contribution in [2.45, 2.75) is 25.8 Å². The molecule has 1 saturated heterocycles. The summed E-state index contributed by atoms with van der Waals surface area (Å²) in [5.74, 6) is 1.25. The molecule has 2 aliphatic rings. The van der Waals surface area contributed by atoms with Crippen molar-refractivity contribution in [1.29, 1.82) is 5.26 Å². The summed E-state index contributed by atoms with van der Waals surface area (Å²) in [5.41, 5.74) is 1.76. The van der Waals surface area contributed by atoms with Gasteiger partial charge < -0.3 is 9.80 Å². The average Bonchev–Trinajstić information content (AvgIpc) is 3.15. The van der Waals surface area contributed by atoms with Gasteiger partial charge >= 0.3 is 0 Å². The van der Waals surface area contributed by atoms with Crippen LogP contribution in [0.5, 0.6) is 0 Å². The molecule has 1 amide bonds. The third kappa shape index (κ3) is 3.24. The molecule has 0 spiro atoms. The topological polar surface area (TPSA) is 60.2 Å². The molecule has 0 bridgehead atoms. The zero-order valence-electron chi connectivity index (χ0n) is 14.0. The number of carbonyl (C=O) groups excluding carboxylic acids is 1. The van der Waals surface area contributed by atoms with Crippen molar-refractivity contribution in [2.24, 2.45) is 5.92 Å². The Morgan fingerprint density at radius 1 is 1.24 bits per heavy atom. The second-order valence-corrected chi connectivity index (χ2v) is 7.63. The predicted molar refractivity (Wildman–Crippen MR) is 97.3 cm³/mol. The van der Waals surface area contributed by atoms with E-state index < -0.39 is 0 Å². The molecule has 1 fully saturated rings. The van der Waals surface area contributed by atoms with E-state index >= 15 is 0 Å². The van der Waals surface area contributed by atoms with Crippen LogP contribution in [-0.4, -0.2) is 35.4 Å². The zero-order chi connectivity index (χ0) is 17.2. The standard InChI is InChI=1S/C19H20N4OS/c20-12-16-2-1-3-18(21-16)22-8-4-14(5-9-22)19(24)23-10-6-17-15(13-23)7-11-25-17/h1-3,7,11,14H,4-6,8-10,13H2. The van der Waals surface area contributed by atoms with Crippen LogP contribution in [-0.2, 0) is 17.8 Å². The molecule has 2 aromatic rings. The second kappa shape index (κ2) is 6.85. The molecule has 5 nitrogen and oxygen atoms in total. The van der Waals surface area contributed by atoms with Gasteiger partial charge in [0.1, 0.15) is 17.6 Å². The number of rotatable bonds is 2. The molecule has 0 N–H and O–H groups in total. The molecular weight excluding hydrogens is 332 g/mol. The van der Waals surface area contributed by atoms with Gasteiger partial charge in [-0.05, 0) is 48.4 Å². The van der Waals surface area contributed by atoms with Crippen molar-refractivity contribution < 1.29 is 4.79 Å². The van der Waals surface area contributed by atoms with E-state index in [2.05, 4.69) is 27.4 Å². The summed E-state index contributed by atoms with van der Waals surface area (Å²) >= 11 is 1.80. The average molecular weight is 352 g/mol. The minimum absolute atomic E-state index is 0.107. The van der Waals surface area contributed by atoms with Crippen LogP contribution in [0.4, 0.5) is 5.82 Å². The van der Waals surface area contributed by atoms with E-state index in [1.54, 1.807) is 17.4 Å². The molecule has 128 valence electrons. The van der Waals surface area contributed by atoms with Crippen molar-refractivity contribution in [1.82, 2.24) is 9.88 Å². The number of anilines is 1. The Balaban J connectivity index is 1.37. The van der Waals surface area contributed by atoms with Crippen LogP contribution in [0.1, 0.15) is 29.0 Å². The Hall–Kier alpha value is -2.39. The van der Waals surface area contributed by atoms with Gasteiger partial charge in [0.25, 0.3) is 0 Å². The molecule has 2 aromatic heterocycles. The lowest BCUT2D eigenvalue weighted by molar-refractivity contribution is -0.137. The van der Waals surface area contributed by atoms with Crippen LogP contribution in [0, 0.1) is 17.2 Å². The number of aromatic nitrogens is 1. The van der Waals surface area contributed by atoms with Gasteiger partial charge in [-0.25, -0.2) is 4.98 Å². The van der Waals surface area contributed by atoms with Gasteiger partial charge in [0.15, 0.2) is 0 Å². The van der Waals surface area contributed by atoms with Gasteiger partial charge in [0, 0.05) is 37.0 Å². The highest BCUT2D eigenvalue weighted by atomic mass is 32.1. The van der Waals surface area contributed by atoms with Crippen molar-refractivity contribution in [3.05, 3.63) is 45.8 Å². The summed E-state index contributed by atoms with van der Waals surface area (Å²) < 4.78 is 0. The number of pyridine rings is 1. The fourth-order valence-corrected chi connectivity index (χ4v) is 4.60. The highest BCUT2D eigenvalue weighted by Gasteiger charge is 2.30. The lowest BCUT2D eigenvalue weighted by atomic mass is 9.94. The number of nitriles is 1. The number of carbonyl (C=O) groups is 1. The van der Waals surface area contributed by atoms with Gasteiger partial charge in [0.2, 0.25) is 5.91 Å². The van der Waals surface area contributed by atoms with E-state index in [-0.39, 0.29) is 5.92 Å². The van der Waals surface area contributed by atoms with Crippen LogP contribution in [0.15, 0.2) is 29.6 Å². The molecule has 0 radical (unpaired) electrons. The van der Waals surface area contributed by atoms with E-state index in [1.807, 2.05) is 17.0 Å². The van der Waals surface area contributed by atoms with Crippen LogP contribution < -0.4 is 4.90 Å². The van der Waals surface area contributed by atoms with Crippen molar-refractivity contribution >= 4 is 23.1 Å². The smallest absolute Gasteiger partial charge is 0.226 e. The second-order valence-electron chi connectivity index (χ2n) is 6.63. The zero-order valence-corrected chi connectivity index (χ0v) is 14.8. The molecule has 25 heavy (non-hydrogen) atoms. The number of thiophene rings is 1. The van der Waals surface area contributed by atoms with Crippen molar-refractivity contribution in [3.63, 3.8) is 0 Å². The van der Waals surface area contributed by atoms with Crippen LogP contribution in [0.3, 0.4) is 0 Å². The third-order valence-electron chi connectivity index (χ3n) is 5.14. The predicted octanol–water partition coefficient (Wildman–Crippen LogP) is 2.82. The van der Waals surface area contributed by atoms with E-state index in [0.29, 0.717) is 11.6 Å². The lowest BCUT2D eigenvalue weighted by Gasteiger charge is -2.36. The summed E-state index contributed by atoms with van der Waals surface area (Å²) in [4.78, 5) is 22.9. The maximum atomic E-state index is 12.9. The monoisotopic (exact) mass is 352 g/mol. The minimum Gasteiger partial charge on any atom is -0.357 e. The molecule has 0 atom stereocenters. The molecular formula is C19H20N4OS. The largest absolute Gasteiger partial charge is 0.357 e. The fourth-order valence-electron chi connectivity index (χ4n) is 3.71. The first kappa shape index (κ1) is 16.1. The van der Waals surface area contributed by atoms with Gasteiger partial charge in [-0.2, -0.15) is 5.26 Å². The highest BCUT2D eigenvalue weighted by Crippen LogP contribution is 2.28. The van der Waals surface area contributed by atoms with E-state index in [4.69, 9.17) is 5.26 Å². The normalized spacial score (nSPS) is 17.9. The summed E-state index contributed by atoms with van der Waals surface area (Å²) in [7, 11) is 0. The van der Waals surface area contributed by atoms with E-state index in [0.717, 1.165) is 51.3 Å². The number of hydrogen-bond acceptors (Lipinski definition) is 5.